The number of ether oxygens (including phenoxy) is 1. The molecule has 0 N–H and O–H groups in total. The molecule has 1 heterocycles. The predicted octanol–water partition coefficient (Wildman–Crippen LogP) is 1.86. The first-order valence-electron chi connectivity index (χ1n) is 9.63. The van der Waals surface area contributed by atoms with Gasteiger partial charge in [-0.25, -0.2) is 8.42 Å². The Morgan fingerprint density at radius 1 is 1.30 bits per heavy atom. The number of carbonyl (C=O) groups excluding carboxylic acids is 2. The molecule has 2 rings (SSSR count). The Hall–Kier alpha value is -2.69. The van der Waals surface area contributed by atoms with Crippen molar-refractivity contribution in [3.05, 3.63) is 33.9 Å². The second kappa shape index (κ2) is 9.88. The number of benzene rings is 1. The maximum Gasteiger partial charge on any atom is 0.308 e. The van der Waals surface area contributed by atoms with Gasteiger partial charge in [0, 0.05) is 38.2 Å². The Labute approximate surface area is 176 Å². The zero-order valence-corrected chi connectivity index (χ0v) is 18.2. The van der Waals surface area contributed by atoms with Gasteiger partial charge in [0.1, 0.15) is 0 Å². The number of non-ortho nitro benzene ring substituents is 1. The molecule has 11 heteroatoms. The fourth-order valence-corrected chi connectivity index (χ4v) is 4.52. The lowest BCUT2D eigenvalue weighted by atomic mass is 9.97. The molecule has 0 aliphatic carbocycles. The fourth-order valence-electron chi connectivity index (χ4n) is 3.51. The molecule has 1 fully saturated rings. The molecule has 30 heavy (non-hydrogen) atoms. The maximum atomic E-state index is 12.5. The van der Waals surface area contributed by atoms with Crippen LogP contribution in [0.4, 0.5) is 11.4 Å². The first-order valence-corrected chi connectivity index (χ1v) is 11.5. The SMILES string of the molecule is COC(=O)C1CCN(C(=O)CCCN(c2cc([N+](=O)[O-])ccc2C)S(C)(=O)=O)CC1. The van der Waals surface area contributed by atoms with Crippen LogP contribution in [0.1, 0.15) is 31.2 Å². The molecule has 10 nitrogen and oxygen atoms in total. The maximum absolute atomic E-state index is 12.5. The summed E-state index contributed by atoms with van der Waals surface area (Å²) in [4.78, 5) is 36.2. The van der Waals surface area contributed by atoms with Gasteiger partial charge in [0.25, 0.3) is 5.69 Å². The van der Waals surface area contributed by atoms with Gasteiger partial charge >= 0.3 is 5.97 Å². The van der Waals surface area contributed by atoms with Crippen molar-refractivity contribution < 1.29 is 27.7 Å². The molecular weight excluding hydrogens is 414 g/mol. The topological polar surface area (TPSA) is 127 Å². The molecule has 0 radical (unpaired) electrons. The summed E-state index contributed by atoms with van der Waals surface area (Å²) in [6, 6.07) is 4.05. The molecule has 1 amide bonds. The van der Waals surface area contributed by atoms with Crippen LogP contribution in [0, 0.1) is 23.0 Å². The van der Waals surface area contributed by atoms with E-state index in [1.54, 1.807) is 11.8 Å². The number of sulfonamides is 1. The monoisotopic (exact) mass is 441 g/mol. The summed E-state index contributed by atoms with van der Waals surface area (Å²) in [7, 11) is -2.35. The van der Waals surface area contributed by atoms with E-state index < -0.39 is 14.9 Å². The Morgan fingerprint density at radius 3 is 2.47 bits per heavy atom. The average Bonchev–Trinajstić information content (AvgIpc) is 2.70. The van der Waals surface area contributed by atoms with Gasteiger partial charge < -0.3 is 9.64 Å². The first-order chi connectivity index (χ1) is 14.0. The molecule has 1 aromatic rings. The zero-order chi connectivity index (χ0) is 22.5. The van der Waals surface area contributed by atoms with E-state index in [0.29, 0.717) is 31.5 Å². The number of nitro benzene ring substituents is 1. The van der Waals surface area contributed by atoms with Gasteiger partial charge in [-0.3, -0.25) is 24.0 Å². The molecule has 0 atom stereocenters. The van der Waals surface area contributed by atoms with E-state index in [0.717, 1.165) is 10.6 Å². The number of methoxy groups -OCH3 is 1. The number of aryl methyl sites for hydroxylation is 1. The molecule has 1 saturated heterocycles. The lowest BCUT2D eigenvalue weighted by Crippen LogP contribution is -2.41. The third-order valence-electron chi connectivity index (χ3n) is 5.21. The number of hydrogen-bond donors (Lipinski definition) is 0. The van der Waals surface area contributed by atoms with E-state index in [-0.39, 0.29) is 48.6 Å². The number of amides is 1. The van der Waals surface area contributed by atoms with Gasteiger partial charge in [-0.05, 0) is 31.7 Å². The third kappa shape index (κ3) is 5.91. The summed E-state index contributed by atoms with van der Waals surface area (Å²) in [6.45, 7) is 2.62. The van der Waals surface area contributed by atoms with Crippen LogP contribution in [0.3, 0.4) is 0 Å². The number of piperidine rings is 1. The number of rotatable bonds is 8. The molecular formula is C19H27N3O7S. The second-order valence-electron chi connectivity index (χ2n) is 7.34. The number of esters is 1. The van der Waals surface area contributed by atoms with E-state index in [4.69, 9.17) is 4.74 Å². The summed E-state index contributed by atoms with van der Waals surface area (Å²) in [6.07, 6.45) is 2.53. The number of hydrogen-bond acceptors (Lipinski definition) is 7. The highest BCUT2D eigenvalue weighted by Crippen LogP contribution is 2.28. The van der Waals surface area contributed by atoms with Crippen LogP contribution in [-0.4, -0.2) is 63.1 Å². The van der Waals surface area contributed by atoms with Crippen LogP contribution in [0.25, 0.3) is 0 Å². The third-order valence-corrected chi connectivity index (χ3v) is 6.39. The van der Waals surface area contributed by atoms with Crippen LogP contribution in [-0.2, 0) is 24.3 Å². The Balaban J connectivity index is 2.00. The van der Waals surface area contributed by atoms with Crippen molar-refractivity contribution in [2.75, 3.05) is 37.3 Å². The minimum absolute atomic E-state index is 0.0329. The summed E-state index contributed by atoms with van der Waals surface area (Å²) in [5, 5.41) is 11.1. The van der Waals surface area contributed by atoms with Crippen LogP contribution < -0.4 is 4.31 Å². The molecule has 0 saturated carbocycles. The standard InChI is InChI=1S/C19H27N3O7S/c1-14-6-7-16(22(25)26)13-17(14)21(30(3,27)28)10-4-5-18(23)20-11-8-15(9-12-20)19(24)29-2/h6-7,13,15H,4-5,8-12H2,1-3H3. The Kier molecular flexibility index (Phi) is 7.77. The Bertz CT molecular complexity index is 909. The first kappa shape index (κ1) is 23.6. The average molecular weight is 442 g/mol. The molecule has 0 bridgehead atoms. The fraction of sp³-hybridized carbons (Fsp3) is 0.579. The molecule has 1 aliphatic rings. The smallest absolute Gasteiger partial charge is 0.308 e. The van der Waals surface area contributed by atoms with Crippen molar-refractivity contribution in [1.29, 1.82) is 0 Å². The normalized spacial score (nSPS) is 15.0. The zero-order valence-electron chi connectivity index (χ0n) is 17.4. The van der Waals surface area contributed by atoms with Crippen LogP contribution >= 0.6 is 0 Å². The predicted molar refractivity (Wildman–Crippen MR) is 111 cm³/mol. The van der Waals surface area contributed by atoms with Crippen molar-refractivity contribution in [2.45, 2.75) is 32.6 Å². The van der Waals surface area contributed by atoms with Gasteiger partial charge in [0.15, 0.2) is 0 Å². The minimum atomic E-state index is -3.69. The van der Waals surface area contributed by atoms with Gasteiger partial charge in [-0.2, -0.15) is 0 Å². The number of anilines is 1. The lowest BCUT2D eigenvalue weighted by molar-refractivity contribution is -0.384. The quantitative estimate of drug-likeness (QED) is 0.342. The molecule has 166 valence electrons. The summed E-state index contributed by atoms with van der Waals surface area (Å²) < 4.78 is 30.4. The van der Waals surface area contributed by atoms with Crippen molar-refractivity contribution in [1.82, 2.24) is 4.90 Å². The highest BCUT2D eigenvalue weighted by atomic mass is 32.2. The van der Waals surface area contributed by atoms with Crippen molar-refractivity contribution in [2.24, 2.45) is 5.92 Å². The van der Waals surface area contributed by atoms with Crippen LogP contribution in [0.15, 0.2) is 18.2 Å². The van der Waals surface area contributed by atoms with E-state index in [9.17, 15) is 28.1 Å². The largest absolute Gasteiger partial charge is 0.469 e. The number of likely N-dealkylation sites (tertiary alicyclic amines) is 1. The van der Waals surface area contributed by atoms with Crippen LogP contribution in [0.2, 0.25) is 0 Å². The van der Waals surface area contributed by atoms with Gasteiger partial charge in [0.05, 0.1) is 29.9 Å². The Morgan fingerprint density at radius 2 is 1.93 bits per heavy atom. The molecule has 1 aromatic carbocycles. The molecule has 1 aliphatic heterocycles. The molecule has 0 aromatic heterocycles. The van der Waals surface area contributed by atoms with E-state index in [2.05, 4.69) is 0 Å². The summed E-state index contributed by atoms with van der Waals surface area (Å²) in [5.41, 5.74) is 0.620. The summed E-state index contributed by atoms with van der Waals surface area (Å²) in [5.74, 6) is -0.572. The van der Waals surface area contributed by atoms with E-state index in [1.807, 2.05) is 0 Å². The van der Waals surface area contributed by atoms with Gasteiger partial charge in [-0.15, -0.1) is 0 Å². The number of nitro groups is 1. The molecule has 0 unspecified atom stereocenters. The van der Waals surface area contributed by atoms with Crippen molar-refractivity contribution in [3.63, 3.8) is 0 Å². The van der Waals surface area contributed by atoms with Gasteiger partial charge in [-0.1, -0.05) is 6.07 Å². The van der Waals surface area contributed by atoms with E-state index in [1.165, 1.54) is 25.3 Å². The van der Waals surface area contributed by atoms with Crippen LogP contribution in [0.5, 0.6) is 0 Å². The van der Waals surface area contributed by atoms with Crippen molar-refractivity contribution >= 4 is 33.3 Å². The summed E-state index contributed by atoms with van der Waals surface area (Å²) >= 11 is 0. The van der Waals surface area contributed by atoms with Gasteiger partial charge in [0.2, 0.25) is 15.9 Å². The second-order valence-corrected chi connectivity index (χ2v) is 9.25. The van der Waals surface area contributed by atoms with Crippen molar-refractivity contribution in [3.8, 4) is 0 Å². The molecule has 0 spiro atoms. The number of carbonyl (C=O) groups is 2. The lowest BCUT2D eigenvalue weighted by Gasteiger charge is -2.31. The minimum Gasteiger partial charge on any atom is -0.469 e. The highest BCUT2D eigenvalue weighted by Gasteiger charge is 2.28. The number of nitrogens with zero attached hydrogens (tertiary/aromatic N) is 3. The van der Waals surface area contributed by atoms with E-state index >= 15 is 0 Å². The highest BCUT2D eigenvalue weighted by molar-refractivity contribution is 7.92.